The fourth-order valence-electron chi connectivity index (χ4n) is 3.78. The first-order valence-electron chi connectivity index (χ1n) is 9.56. The summed E-state index contributed by atoms with van der Waals surface area (Å²) in [5.41, 5.74) is 0. The summed E-state index contributed by atoms with van der Waals surface area (Å²) in [6.45, 7) is 6.70. The van der Waals surface area contributed by atoms with Crippen LogP contribution in [0.2, 0.25) is 0 Å². The molecule has 1 fully saturated rings. The summed E-state index contributed by atoms with van der Waals surface area (Å²) in [5.74, 6) is 2.05. The van der Waals surface area contributed by atoms with Crippen LogP contribution in [0.5, 0.6) is 5.75 Å². The number of hydrogen-bond donors (Lipinski definition) is 0. The molecular formula is C22H29O3P. The second kappa shape index (κ2) is 8.41. The quantitative estimate of drug-likeness (QED) is 0.578. The van der Waals surface area contributed by atoms with Crippen LogP contribution in [0.1, 0.15) is 40.0 Å². The van der Waals surface area contributed by atoms with E-state index in [1.165, 1.54) is 6.42 Å². The molecule has 0 heterocycles. The summed E-state index contributed by atoms with van der Waals surface area (Å²) in [7, 11) is -3.47. The maximum absolute atomic E-state index is 13.9. The van der Waals surface area contributed by atoms with Crippen molar-refractivity contribution in [2.24, 2.45) is 17.8 Å². The third-order valence-corrected chi connectivity index (χ3v) is 7.21. The maximum Gasteiger partial charge on any atom is 0.411 e. The lowest BCUT2D eigenvalue weighted by Gasteiger charge is -2.38. The van der Waals surface area contributed by atoms with Crippen LogP contribution in [0.4, 0.5) is 0 Å². The van der Waals surface area contributed by atoms with Crippen LogP contribution in [0, 0.1) is 17.8 Å². The molecule has 0 radical (unpaired) electrons. The lowest BCUT2D eigenvalue weighted by atomic mass is 9.75. The average Bonchev–Trinajstić information content (AvgIpc) is 2.63. The van der Waals surface area contributed by atoms with Gasteiger partial charge in [0.1, 0.15) is 5.75 Å². The van der Waals surface area contributed by atoms with Crippen molar-refractivity contribution in [2.75, 3.05) is 0 Å². The van der Waals surface area contributed by atoms with Crippen LogP contribution in [0.15, 0.2) is 60.7 Å². The van der Waals surface area contributed by atoms with E-state index in [9.17, 15) is 4.57 Å². The molecule has 0 N–H and O–H groups in total. The van der Waals surface area contributed by atoms with Crippen molar-refractivity contribution < 1.29 is 13.6 Å². The summed E-state index contributed by atoms with van der Waals surface area (Å²) in [5, 5.41) is 0.615. The molecule has 1 unspecified atom stereocenters. The van der Waals surface area contributed by atoms with Gasteiger partial charge < -0.3 is 4.52 Å². The Bertz CT molecular complexity index is 730. The van der Waals surface area contributed by atoms with Gasteiger partial charge in [-0.15, -0.1) is 0 Å². The van der Waals surface area contributed by atoms with Crippen LogP contribution < -0.4 is 9.83 Å². The molecule has 0 aliphatic heterocycles. The predicted molar refractivity (Wildman–Crippen MR) is 107 cm³/mol. The van der Waals surface area contributed by atoms with Crippen LogP contribution in [-0.2, 0) is 9.09 Å². The first kappa shape index (κ1) is 19.2. The zero-order chi connectivity index (χ0) is 18.6. The molecule has 0 spiro atoms. The number of para-hydroxylation sites is 1. The smallest absolute Gasteiger partial charge is 0.411 e. The first-order chi connectivity index (χ1) is 12.5. The number of hydrogen-bond acceptors (Lipinski definition) is 3. The Kier molecular flexibility index (Phi) is 6.21. The van der Waals surface area contributed by atoms with Gasteiger partial charge >= 0.3 is 7.60 Å². The largest absolute Gasteiger partial charge is 0.421 e. The fraction of sp³-hybridized carbons (Fsp3) is 0.455. The fourth-order valence-corrected chi connectivity index (χ4v) is 5.59. The highest BCUT2D eigenvalue weighted by atomic mass is 31.2. The Labute approximate surface area is 157 Å². The van der Waals surface area contributed by atoms with E-state index in [1.807, 2.05) is 60.7 Å². The zero-order valence-corrected chi connectivity index (χ0v) is 16.8. The van der Waals surface area contributed by atoms with Crippen molar-refractivity contribution in [1.82, 2.24) is 0 Å². The Hall–Kier alpha value is -1.57. The van der Waals surface area contributed by atoms with Crippen molar-refractivity contribution in [3.63, 3.8) is 0 Å². The number of rotatable bonds is 6. The van der Waals surface area contributed by atoms with E-state index in [0.717, 1.165) is 12.8 Å². The van der Waals surface area contributed by atoms with E-state index in [0.29, 0.717) is 28.8 Å². The molecule has 3 nitrogen and oxygen atoms in total. The molecule has 4 heteroatoms. The summed E-state index contributed by atoms with van der Waals surface area (Å²) in [6, 6.07) is 18.7. The van der Waals surface area contributed by atoms with Crippen molar-refractivity contribution in [3.05, 3.63) is 60.7 Å². The predicted octanol–water partition coefficient (Wildman–Crippen LogP) is 6.06. The molecule has 0 amide bonds. The van der Waals surface area contributed by atoms with Crippen molar-refractivity contribution >= 4 is 12.9 Å². The van der Waals surface area contributed by atoms with Crippen molar-refractivity contribution in [3.8, 4) is 5.75 Å². The van der Waals surface area contributed by atoms with Gasteiger partial charge in [0.25, 0.3) is 0 Å². The van der Waals surface area contributed by atoms with E-state index in [-0.39, 0.29) is 6.10 Å². The van der Waals surface area contributed by atoms with Crippen molar-refractivity contribution in [1.29, 1.82) is 0 Å². The molecule has 26 heavy (non-hydrogen) atoms. The molecule has 0 bridgehead atoms. The van der Waals surface area contributed by atoms with Gasteiger partial charge in [-0.3, -0.25) is 4.52 Å². The molecule has 4 atom stereocenters. The topological polar surface area (TPSA) is 35.5 Å². The molecule has 2 aromatic rings. The minimum Gasteiger partial charge on any atom is -0.421 e. The Morgan fingerprint density at radius 3 is 2.19 bits per heavy atom. The van der Waals surface area contributed by atoms with Crippen molar-refractivity contribution in [2.45, 2.75) is 46.1 Å². The third kappa shape index (κ3) is 4.58. The minimum atomic E-state index is -3.47. The summed E-state index contributed by atoms with van der Waals surface area (Å²) in [4.78, 5) is 0. The molecule has 0 saturated heterocycles. The molecule has 140 valence electrons. The average molecular weight is 372 g/mol. The van der Waals surface area contributed by atoms with Gasteiger partial charge in [-0.2, -0.15) is 0 Å². The van der Waals surface area contributed by atoms with E-state index in [1.54, 1.807) is 0 Å². The Balaban J connectivity index is 1.91. The van der Waals surface area contributed by atoms with Crippen LogP contribution in [-0.4, -0.2) is 6.10 Å². The molecule has 1 saturated carbocycles. The Morgan fingerprint density at radius 2 is 1.58 bits per heavy atom. The van der Waals surface area contributed by atoms with Crippen LogP contribution in [0.25, 0.3) is 0 Å². The zero-order valence-electron chi connectivity index (χ0n) is 15.9. The van der Waals surface area contributed by atoms with Gasteiger partial charge in [0.2, 0.25) is 0 Å². The van der Waals surface area contributed by atoms with Crippen LogP contribution in [0.3, 0.4) is 0 Å². The second-order valence-electron chi connectivity index (χ2n) is 7.71. The highest BCUT2D eigenvalue weighted by Crippen LogP contribution is 2.52. The SMILES string of the molecule is CC(C)[C@H]1CC[C@H](C)C[C@@H]1OP(=O)(Oc1ccccc1)c1ccccc1. The normalized spacial score (nSPS) is 25.6. The highest BCUT2D eigenvalue weighted by Gasteiger charge is 2.39. The highest BCUT2D eigenvalue weighted by molar-refractivity contribution is 7.62. The van der Waals surface area contributed by atoms with Gasteiger partial charge in [0.15, 0.2) is 0 Å². The standard InChI is InChI=1S/C22H29O3P/c1-17(2)21-15-14-18(3)16-22(21)25-26(23,20-12-8-5-9-13-20)24-19-10-6-4-7-11-19/h4-13,17-18,21-22H,14-16H2,1-3H3/t18-,21+,22-,26?/m0/s1. The summed E-state index contributed by atoms with van der Waals surface area (Å²) in [6.07, 6.45) is 3.20. The summed E-state index contributed by atoms with van der Waals surface area (Å²) >= 11 is 0. The van der Waals surface area contributed by atoms with Gasteiger partial charge in [0.05, 0.1) is 11.4 Å². The molecular weight excluding hydrogens is 343 g/mol. The summed E-state index contributed by atoms with van der Waals surface area (Å²) < 4.78 is 26.2. The van der Waals surface area contributed by atoms with E-state index < -0.39 is 7.60 Å². The molecule has 1 aliphatic carbocycles. The second-order valence-corrected chi connectivity index (χ2v) is 9.61. The molecule has 1 aliphatic rings. The van der Waals surface area contributed by atoms with E-state index >= 15 is 0 Å². The molecule has 0 aromatic heterocycles. The number of benzene rings is 2. The van der Waals surface area contributed by atoms with Crippen LogP contribution >= 0.6 is 7.60 Å². The van der Waals surface area contributed by atoms with E-state index in [4.69, 9.17) is 9.05 Å². The Morgan fingerprint density at radius 1 is 0.962 bits per heavy atom. The maximum atomic E-state index is 13.9. The molecule has 2 aromatic carbocycles. The third-order valence-electron chi connectivity index (χ3n) is 5.28. The lowest BCUT2D eigenvalue weighted by Crippen LogP contribution is -2.35. The van der Waals surface area contributed by atoms with Gasteiger partial charge in [0, 0.05) is 0 Å². The van der Waals surface area contributed by atoms with Gasteiger partial charge in [-0.05, 0) is 54.9 Å². The molecule has 3 rings (SSSR count). The van der Waals surface area contributed by atoms with E-state index in [2.05, 4.69) is 20.8 Å². The first-order valence-corrected chi connectivity index (χ1v) is 11.1. The van der Waals surface area contributed by atoms with Gasteiger partial charge in [-0.1, -0.05) is 63.6 Å². The lowest BCUT2D eigenvalue weighted by molar-refractivity contribution is 0.0414. The minimum absolute atomic E-state index is 0.0477. The van der Waals surface area contributed by atoms with Gasteiger partial charge in [-0.25, -0.2) is 4.57 Å². The monoisotopic (exact) mass is 372 g/mol.